The van der Waals surface area contributed by atoms with Gasteiger partial charge in [0.1, 0.15) is 5.82 Å². The van der Waals surface area contributed by atoms with Gasteiger partial charge in [0.25, 0.3) is 0 Å². The Hall–Kier alpha value is -1.51. The summed E-state index contributed by atoms with van der Waals surface area (Å²) in [4.78, 5) is 21.1. The molecule has 1 aromatic heterocycles. The fourth-order valence-corrected chi connectivity index (χ4v) is 3.70. The Morgan fingerprint density at radius 3 is 2.75 bits per heavy atom. The molecule has 2 aromatic rings. The fraction of sp³-hybridized carbons (Fsp3) is 0.375. The molecule has 8 heteroatoms. The van der Waals surface area contributed by atoms with Gasteiger partial charge in [0.05, 0.1) is 11.7 Å². The largest absolute Gasteiger partial charge is 0.346 e. The van der Waals surface area contributed by atoms with E-state index in [2.05, 4.69) is 36.0 Å². The van der Waals surface area contributed by atoms with Crippen molar-refractivity contribution in [3.8, 4) is 0 Å². The second-order valence-electron chi connectivity index (χ2n) is 5.63. The van der Waals surface area contributed by atoms with Gasteiger partial charge in [-0.25, -0.2) is 9.37 Å². The first-order chi connectivity index (χ1) is 11.5. The van der Waals surface area contributed by atoms with E-state index in [1.54, 1.807) is 29.7 Å². The zero-order chi connectivity index (χ0) is 17.1. The van der Waals surface area contributed by atoms with E-state index in [1.807, 2.05) is 12.3 Å². The molecule has 1 fully saturated rings. The van der Waals surface area contributed by atoms with Crippen LogP contribution in [0.5, 0.6) is 0 Å². The number of carbonyl (C=O) groups excluding carboxylic acids is 1. The monoisotopic (exact) mass is 412 g/mol. The zero-order valence-corrected chi connectivity index (χ0v) is 15.6. The number of carbonyl (C=O) groups is 1. The van der Waals surface area contributed by atoms with Crippen LogP contribution in [-0.2, 0) is 4.79 Å². The Labute approximate surface area is 152 Å². The molecule has 1 N–H and O–H groups in total. The number of hydrogen-bond acceptors (Lipinski definition) is 5. The van der Waals surface area contributed by atoms with Crippen molar-refractivity contribution in [3.63, 3.8) is 0 Å². The van der Waals surface area contributed by atoms with Crippen LogP contribution < -0.4 is 10.2 Å². The van der Waals surface area contributed by atoms with E-state index < -0.39 is 5.82 Å². The third-order valence-corrected chi connectivity index (χ3v) is 5.45. The van der Waals surface area contributed by atoms with Crippen LogP contribution in [0.15, 0.2) is 34.2 Å². The highest BCUT2D eigenvalue weighted by molar-refractivity contribution is 9.10. The summed E-state index contributed by atoms with van der Waals surface area (Å²) in [5.74, 6) is -0.641. The van der Waals surface area contributed by atoms with Crippen molar-refractivity contribution in [2.75, 3.05) is 36.4 Å². The number of nitrogens with zero attached hydrogens (tertiary/aromatic N) is 3. The molecule has 1 aliphatic heterocycles. The minimum absolute atomic E-state index is 0.195. The topological polar surface area (TPSA) is 48.5 Å². The van der Waals surface area contributed by atoms with Crippen LogP contribution in [0, 0.1) is 5.82 Å². The van der Waals surface area contributed by atoms with E-state index in [4.69, 9.17) is 0 Å². The van der Waals surface area contributed by atoms with Gasteiger partial charge in [0.15, 0.2) is 5.13 Å². The standard InChI is InChI=1S/C16H18BrFN4OS/c1-11(15(23)20-14-3-2-12(17)10-13(14)18)21-5-7-22(8-6-21)16-19-4-9-24-16/h2-4,9-11H,5-8H2,1H3,(H,20,23)/t11-/m1/s1. The van der Waals surface area contributed by atoms with Crippen molar-refractivity contribution < 1.29 is 9.18 Å². The molecule has 1 aromatic carbocycles. The van der Waals surface area contributed by atoms with E-state index in [0.29, 0.717) is 4.47 Å². The Morgan fingerprint density at radius 2 is 2.12 bits per heavy atom. The third kappa shape index (κ3) is 3.93. The van der Waals surface area contributed by atoms with Crippen LogP contribution in [0.3, 0.4) is 0 Å². The van der Waals surface area contributed by atoms with Crippen molar-refractivity contribution >= 4 is 44.0 Å². The van der Waals surface area contributed by atoms with E-state index >= 15 is 0 Å². The van der Waals surface area contributed by atoms with Crippen LogP contribution in [0.4, 0.5) is 15.2 Å². The highest BCUT2D eigenvalue weighted by Gasteiger charge is 2.26. The molecule has 5 nitrogen and oxygen atoms in total. The van der Waals surface area contributed by atoms with Crippen molar-refractivity contribution in [1.29, 1.82) is 0 Å². The summed E-state index contributed by atoms with van der Waals surface area (Å²) in [6, 6.07) is 4.29. The Balaban J connectivity index is 1.56. The van der Waals surface area contributed by atoms with Gasteiger partial charge in [-0.05, 0) is 25.1 Å². The van der Waals surface area contributed by atoms with Gasteiger partial charge in [0, 0.05) is 42.2 Å². The zero-order valence-electron chi connectivity index (χ0n) is 13.2. The molecule has 0 bridgehead atoms. The smallest absolute Gasteiger partial charge is 0.241 e. The lowest BCUT2D eigenvalue weighted by molar-refractivity contribution is -0.120. The molecule has 0 saturated carbocycles. The predicted octanol–water partition coefficient (Wildman–Crippen LogP) is 3.19. The molecule has 0 aliphatic carbocycles. The first-order valence-electron chi connectivity index (χ1n) is 7.69. The molecule has 1 amide bonds. The fourth-order valence-electron chi connectivity index (χ4n) is 2.67. The molecule has 0 radical (unpaired) electrons. The van der Waals surface area contributed by atoms with Crippen LogP contribution in [0.25, 0.3) is 0 Å². The van der Waals surface area contributed by atoms with Gasteiger partial charge < -0.3 is 10.2 Å². The number of halogens is 2. The summed E-state index contributed by atoms with van der Waals surface area (Å²) in [7, 11) is 0. The SMILES string of the molecule is C[C@H](C(=O)Nc1ccc(Br)cc1F)N1CCN(c2nccs2)CC1. The summed E-state index contributed by atoms with van der Waals surface area (Å²) in [5, 5.41) is 5.65. The minimum Gasteiger partial charge on any atom is -0.346 e. The van der Waals surface area contributed by atoms with Crippen LogP contribution in [0.2, 0.25) is 0 Å². The molecule has 3 rings (SSSR count). The van der Waals surface area contributed by atoms with Gasteiger partial charge in [-0.1, -0.05) is 15.9 Å². The maximum atomic E-state index is 13.9. The highest BCUT2D eigenvalue weighted by Crippen LogP contribution is 2.21. The Kier molecular flexibility index (Phi) is 5.47. The number of nitrogens with one attached hydrogen (secondary N) is 1. The summed E-state index contributed by atoms with van der Waals surface area (Å²) in [6.45, 7) is 5.06. The van der Waals surface area contributed by atoms with Crippen molar-refractivity contribution in [1.82, 2.24) is 9.88 Å². The number of aromatic nitrogens is 1. The number of benzene rings is 1. The highest BCUT2D eigenvalue weighted by atomic mass is 79.9. The van der Waals surface area contributed by atoms with Crippen LogP contribution >= 0.6 is 27.3 Å². The predicted molar refractivity (Wildman–Crippen MR) is 98.1 cm³/mol. The number of amides is 1. The van der Waals surface area contributed by atoms with Gasteiger partial charge in [0.2, 0.25) is 5.91 Å². The number of piperazine rings is 1. The summed E-state index contributed by atoms with van der Waals surface area (Å²) in [5.41, 5.74) is 0.205. The number of thiazole rings is 1. The quantitative estimate of drug-likeness (QED) is 0.837. The Bertz CT molecular complexity index is 704. The summed E-state index contributed by atoms with van der Waals surface area (Å²) in [6.07, 6.45) is 1.80. The lowest BCUT2D eigenvalue weighted by Gasteiger charge is -2.37. The van der Waals surface area contributed by atoms with Gasteiger partial charge in [-0.3, -0.25) is 9.69 Å². The number of hydrogen-bond donors (Lipinski definition) is 1. The summed E-state index contributed by atoms with van der Waals surface area (Å²) < 4.78 is 14.5. The number of rotatable bonds is 4. The molecular formula is C16H18BrFN4OS. The van der Waals surface area contributed by atoms with Gasteiger partial charge >= 0.3 is 0 Å². The maximum absolute atomic E-state index is 13.9. The average molecular weight is 413 g/mol. The first kappa shape index (κ1) is 17.3. The Morgan fingerprint density at radius 1 is 1.38 bits per heavy atom. The first-order valence-corrected chi connectivity index (χ1v) is 9.36. The molecule has 24 heavy (non-hydrogen) atoms. The van der Waals surface area contributed by atoms with E-state index in [-0.39, 0.29) is 17.6 Å². The van der Waals surface area contributed by atoms with Crippen molar-refractivity contribution in [2.45, 2.75) is 13.0 Å². The molecule has 2 heterocycles. The van der Waals surface area contributed by atoms with Crippen molar-refractivity contribution in [3.05, 3.63) is 40.1 Å². The van der Waals surface area contributed by atoms with E-state index in [0.717, 1.165) is 31.3 Å². The minimum atomic E-state index is -0.446. The number of anilines is 2. The van der Waals surface area contributed by atoms with Gasteiger partial charge in [-0.15, -0.1) is 11.3 Å². The molecule has 1 atom stereocenters. The molecule has 1 aliphatic rings. The second kappa shape index (κ2) is 7.58. The normalized spacial score (nSPS) is 16.9. The molecule has 1 saturated heterocycles. The molecule has 0 spiro atoms. The van der Waals surface area contributed by atoms with Crippen molar-refractivity contribution in [2.24, 2.45) is 0 Å². The summed E-state index contributed by atoms with van der Waals surface area (Å²) >= 11 is 4.83. The van der Waals surface area contributed by atoms with Gasteiger partial charge in [-0.2, -0.15) is 0 Å². The van der Waals surface area contributed by atoms with Crippen LogP contribution in [0.1, 0.15) is 6.92 Å². The third-order valence-electron chi connectivity index (χ3n) is 4.12. The lowest BCUT2D eigenvalue weighted by Crippen LogP contribution is -2.52. The lowest BCUT2D eigenvalue weighted by atomic mass is 10.2. The maximum Gasteiger partial charge on any atom is 0.241 e. The molecular weight excluding hydrogens is 395 g/mol. The second-order valence-corrected chi connectivity index (χ2v) is 7.42. The van der Waals surface area contributed by atoms with E-state index in [9.17, 15) is 9.18 Å². The molecule has 0 unspecified atom stereocenters. The molecule has 128 valence electrons. The van der Waals surface area contributed by atoms with Crippen LogP contribution in [-0.4, -0.2) is 48.0 Å². The average Bonchev–Trinajstić information content (AvgIpc) is 3.11. The van der Waals surface area contributed by atoms with E-state index in [1.165, 1.54) is 6.07 Å².